The van der Waals surface area contributed by atoms with E-state index in [-0.39, 0.29) is 17.8 Å². The Balaban J connectivity index is 1.56. The van der Waals surface area contributed by atoms with Crippen molar-refractivity contribution in [1.29, 1.82) is 0 Å². The van der Waals surface area contributed by atoms with Crippen molar-refractivity contribution in [3.05, 3.63) is 118 Å². The molecule has 2 aromatic heterocycles. The molecule has 35 heavy (non-hydrogen) atoms. The lowest BCUT2D eigenvalue weighted by atomic mass is 10.0. The van der Waals surface area contributed by atoms with Gasteiger partial charge in [0.2, 0.25) is 0 Å². The third kappa shape index (κ3) is 4.45. The Morgan fingerprint density at radius 2 is 1.83 bits per heavy atom. The molecule has 2 unspecified atom stereocenters. The van der Waals surface area contributed by atoms with Crippen LogP contribution in [-0.2, 0) is 6.54 Å². The zero-order valence-electron chi connectivity index (χ0n) is 18.9. The van der Waals surface area contributed by atoms with E-state index in [1.165, 1.54) is 12.1 Å². The molecule has 0 amide bonds. The number of nitrogens with one attached hydrogen (secondary N) is 1. The normalized spacial score (nSPS) is 17.3. The molecule has 8 nitrogen and oxygen atoms in total. The Hall–Kier alpha value is -4.24. The first-order chi connectivity index (χ1) is 17.0. The van der Waals surface area contributed by atoms with Crippen molar-refractivity contribution in [1.82, 2.24) is 19.8 Å². The van der Waals surface area contributed by atoms with E-state index in [1.54, 1.807) is 25.4 Å². The zero-order chi connectivity index (χ0) is 24.4. The fourth-order valence-electron chi connectivity index (χ4n) is 4.43. The molecule has 1 aliphatic heterocycles. The second-order valence-corrected chi connectivity index (χ2v) is 8.57. The van der Waals surface area contributed by atoms with E-state index in [9.17, 15) is 10.1 Å². The van der Waals surface area contributed by atoms with Gasteiger partial charge in [-0.3, -0.25) is 15.1 Å². The predicted octanol–water partition coefficient (Wildman–Crippen LogP) is 4.96. The molecule has 0 saturated carbocycles. The van der Waals surface area contributed by atoms with Crippen LogP contribution in [0.5, 0.6) is 5.75 Å². The predicted molar refractivity (Wildman–Crippen MR) is 136 cm³/mol. The van der Waals surface area contributed by atoms with E-state index in [0.717, 1.165) is 28.4 Å². The highest BCUT2D eigenvalue weighted by Crippen LogP contribution is 2.40. The van der Waals surface area contributed by atoms with Crippen LogP contribution in [-0.4, -0.2) is 31.6 Å². The van der Waals surface area contributed by atoms with Gasteiger partial charge in [0.05, 0.1) is 29.8 Å². The molecule has 1 N–H and O–H groups in total. The molecule has 9 heteroatoms. The fourth-order valence-corrected chi connectivity index (χ4v) is 4.74. The first-order valence-corrected chi connectivity index (χ1v) is 11.5. The van der Waals surface area contributed by atoms with Gasteiger partial charge in [-0.05, 0) is 66.3 Å². The number of hydrogen-bond donors (Lipinski definition) is 1. The average molecular weight is 486 g/mol. The quantitative estimate of drug-likeness (QED) is 0.225. The second-order valence-electron chi connectivity index (χ2n) is 8.18. The number of benzene rings is 2. The monoisotopic (exact) mass is 485 g/mol. The maximum Gasteiger partial charge on any atom is 0.269 e. The Morgan fingerprint density at radius 1 is 1.06 bits per heavy atom. The molecule has 1 aliphatic rings. The molecule has 0 aliphatic carbocycles. The van der Waals surface area contributed by atoms with Gasteiger partial charge in [-0.2, -0.15) is 0 Å². The lowest BCUT2D eigenvalue weighted by Crippen LogP contribution is -2.30. The molecule has 5 rings (SSSR count). The van der Waals surface area contributed by atoms with Gasteiger partial charge in [-0.25, -0.2) is 0 Å². The summed E-state index contributed by atoms with van der Waals surface area (Å²) in [6, 6.07) is 24.0. The van der Waals surface area contributed by atoms with Gasteiger partial charge in [-0.1, -0.05) is 18.2 Å². The maximum atomic E-state index is 11.1. The van der Waals surface area contributed by atoms with Gasteiger partial charge in [0.1, 0.15) is 5.75 Å². The Kier molecular flexibility index (Phi) is 6.15. The van der Waals surface area contributed by atoms with Gasteiger partial charge in [-0.15, -0.1) is 0 Å². The minimum absolute atomic E-state index is 0.0543. The molecule has 0 radical (unpaired) electrons. The number of nitrogens with zero attached hydrogens (tertiary/aromatic N) is 4. The molecule has 1 fully saturated rings. The fraction of sp³-hybridized carbons (Fsp3) is 0.154. The van der Waals surface area contributed by atoms with E-state index in [2.05, 4.69) is 21.3 Å². The summed E-state index contributed by atoms with van der Waals surface area (Å²) >= 11 is 5.80. The molecule has 3 heterocycles. The largest absolute Gasteiger partial charge is 0.497 e. The number of hydrogen-bond acceptors (Lipinski definition) is 5. The Bertz CT molecular complexity index is 1340. The average Bonchev–Trinajstić information content (AvgIpc) is 3.49. The van der Waals surface area contributed by atoms with Gasteiger partial charge >= 0.3 is 0 Å². The van der Waals surface area contributed by atoms with Crippen LogP contribution in [0.4, 0.5) is 5.69 Å². The highest BCUT2D eigenvalue weighted by Gasteiger charge is 2.41. The molecular weight excluding hydrogens is 462 g/mol. The summed E-state index contributed by atoms with van der Waals surface area (Å²) in [5.74, 6) is 0.797. The smallest absolute Gasteiger partial charge is 0.269 e. The van der Waals surface area contributed by atoms with Crippen LogP contribution >= 0.6 is 12.2 Å². The molecular formula is C26H23N5O3S. The molecule has 2 aromatic carbocycles. The number of ether oxygens (including phenoxy) is 1. The van der Waals surface area contributed by atoms with E-state index >= 15 is 0 Å². The number of non-ortho nitro benzene ring substituents is 1. The van der Waals surface area contributed by atoms with Crippen molar-refractivity contribution in [2.24, 2.45) is 0 Å². The van der Waals surface area contributed by atoms with E-state index in [0.29, 0.717) is 11.7 Å². The van der Waals surface area contributed by atoms with Crippen molar-refractivity contribution < 1.29 is 9.66 Å². The van der Waals surface area contributed by atoms with E-state index < -0.39 is 4.92 Å². The SMILES string of the molecule is COc1ccc(CN2C(=S)NC(c3ccccn3)C2c2cccn2-c2ccc([N+](=O)[O-])cc2)cc1. The van der Waals surface area contributed by atoms with Crippen molar-refractivity contribution >= 4 is 23.0 Å². The summed E-state index contributed by atoms with van der Waals surface area (Å²) in [7, 11) is 1.65. The molecule has 1 saturated heterocycles. The van der Waals surface area contributed by atoms with Crippen LogP contribution in [0.2, 0.25) is 0 Å². The van der Waals surface area contributed by atoms with E-state index in [1.807, 2.05) is 59.3 Å². The number of thiocarbonyl (C=S) groups is 1. The molecule has 0 spiro atoms. The van der Waals surface area contributed by atoms with Crippen LogP contribution in [0.3, 0.4) is 0 Å². The number of rotatable bonds is 7. The highest BCUT2D eigenvalue weighted by molar-refractivity contribution is 7.80. The van der Waals surface area contributed by atoms with Crippen LogP contribution < -0.4 is 10.1 Å². The number of nitro benzene ring substituents is 1. The van der Waals surface area contributed by atoms with Gasteiger partial charge in [0.15, 0.2) is 5.11 Å². The Labute approximate surface area is 207 Å². The topological polar surface area (TPSA) is 85.5 Å². The van der Waals surface area contributed by atoms with Gasteiger partial charge in [0, 0.05) is 42.5 Å². The van der Waals surface area contributed by atoms with Crippen LogP contribution in [0.15, 0.2) is 91.3 Å². The lowest BCUT2D eigenvalue weighted by molar-refractivity contribution is -0.384. The van der Waals surface area contributed by atoms with Crippen LogP contribution in [0.25, 0.3) is 5.69 Å². The standard InChI is InChI=1S/C26H23N5O3S/c1-34-21-13-7-18(8-14-21)17-30-25(24(28-26(30)35)22-5-2-3-15-27-22)23-6-4-16-29(23)19-9-11-20(12-10-19)31(32)33/h2-16,24-25H,17H2,1H3,(H,28,35). The first kappa shape index (κ1) is 22.5. The van der Waals surface area contributed by atoms with Crippen LogP contribution in [0.1, 0.15) is 29.0 Å². The number of methoxy groups -OCH3 is 1. The lowest BCUT2D eigenvalue weighted by Gasteiger charge is -2.29. The minimum atomic E-state index is -0.395. The van der Waals surface area contributed by atoms with Crippen molar-refractivity contribution in [3.63, 3.8) is 0 Å². The van der Waals surface area contributed by atoms with E-state index in [4.69, 9.17) is 17.0 Å². The van der Waals surface area contributed by atoms with Crippen LogP contribution in [0, 0.1) is 10.1 Å². The summed E-state index contributed by atoms with van der Waals surface area (Å²) in [6.45, 7) is 0.593. The third-order valence-electron chi connectivity index (χ3n) is 6.13. The number of nitro groups is 1. The summed E-state index contributed by atoms with van der Waals surface area (Å²) in [4.78, 5) is 17.5. The van der Waals surface area contributed by atoms with Crippen molar-refractivity contribution in [2.75, 3.05) is 7.11 Å². The molecule has 4 aromatic rings. The summed E-state index contributed by atoms with van der Waals surface area (Å²) in [5, 5.41) is 15.2. The molecule has 176 valence electrons. The summed E-state index contributed by atoms with van der Waals surface area (Å²) in [6.07, 6.45) is 3.73. The maximum absolute atomic E-state index is 11.1. The minimum Gasteiger partial charge on any atom is -0.497 e. The molecule has 2 atom stereocenters. The highest BCUT2D eigenvalue weighted by atomic mass is 32.1. The summed E-state index contributed by atoms with van der Waals surface area (Å²) in [5.41, 5.74) is 3.86. The number of pyridine rings is 1. The molecule has 0 bridgehead atoms. The third-order valence-corrected chi connectivity index (χ3v) is 6.48. The van der Waals surface area contributed by atoms with Crippen molar-refractivity contribution in [2.45, 2.75) is 18.6 Å². The number of aromatic nitrogens is 2. The van der Waals surface area contributed by atoms with Gasteiger partial charge in [0.25, 0.3) is 5.69 Å². The second kappa shape index (κ2) is 9.55. The zero-order valence-corrected chi connectivity index (χ0v) is 19.8. The first-order valence-electron chi connectivity index (χ1n) is 11.1. The Morgan fingerprint density at radius 3 is 2.49 bits per heavy atom. The summed E-state index contributed by atoms with van der Waals surface area (Å²) < 4.78 is 7.34. The van der Waals surface area contributed by atoms with Crippen molar-refractivity contribution in [3.8, 4) is 11.4 Å². The van der Waals surface area contributed by atoms with Gasteiger partial charge < -0.3 is 19.5 Å².